The van der Waals surface area contributed by atoms with Gasteiger partial charge in [-0.3, -0.25) is 0 Å². The maximum atomic E-state index is 12.4. The molecule has 0 spiro atoms. The van der Waals surface area contributed by atoms with Crippen LogP contribution >= 0.6 is 0 Å². The minimum Gasteiger partial charge on any atom is -0.396 e. The Morgan fingerprint density at radius 3 is 2.56 bits per heavy atom. The molecule has 0 aliphatic carbocycles. The van der Waals surface area contributed by atoms with E-state index in [0.29, 0.717) is 11.3 Å². The topological polar surface area (TPSA) is 57.6 Å². The molecule has 1 aliphatic heterocycles. The molecule has 18 heavy (non-hydrogen) atoms. The second-order valence-electron chi connectivity index (χ2n) is 4.94. The van der Waals surface area contributed by atoms with Crippen LogP contribution < -0.4 is 4.90 Å². The van der Waals surface area contributed by atoms with Gasteiger partial charge in [-0.25, -0.2) is 8.42 Å². The fourth-order valence-electron chi connectivity index (χ4n) is 2.66. The van der Waals surface area contributed by atoms with Crippen LogP contribution in [0.3, 0.4) is 0 Å². The van der Waals surface area contributed by atoms with Crippen molar-refractivity contribution in [2.45, 2.75) is 31.2 Å². The van der Waals surface area contributed by atoms with Crippen LogP contribution in [0.5, 0.6) is 0 Å². The average molecular weight is 269 g/mol. The van der Waals surface area contributed by atoms with Gasteiger partial charge in [0.05, 0.1) is 16.3 Å². The third-order valence-electron chi connectivity index (χ3n) is 3.62. The summed E-state index contributed by atoms with van der Waals surface area (Å²) >= 11 is 0. The van der Waals surface area contributed by atoms with Gasteiger partial charge in [0.2, 0.25) is 0 Å². The highest BCUT2D eigenvalue weighted by Gasteiger charge is 2.35. The zero-order valence-corrected chi connectivity index (χ0v) is 11.8. The van der Waals surface area contributed by atoms with E-state index in [2.05, 4.69) is 0 Å². The van der Waals surface area contributed by atoms with Crippen LogP contribution in [0.15, 0.2) is 17.0 Å². The van der Waals surface area contributed by atoms with Gasteiger partial charge in [0, 0.05) is 19.7 Å². The summed E-state index contributed by atoms with van der Waals surface area (Å²) in [6, 6.07) is 3.65. The maximum absolute atomic E-state index is 12.4. The highest BCUT2D eigenvalue weighted by Crippen LogP contribution is 2.38. The number of fused-ring (bicyclic) bond motifs is 1. The van der Waals surface area contributed by atoms with E-state index in [1.807, 2.05) is 37.9 Å². The van der Waals surface area contributed by atoms with Crippen molar-refractivity contribution >= 4 is 15.5 Å². The van der Waals surface area contributed by atoms with Gasteiger partial charge in [-0.15, -0.1) is 0 Å². The zero-order valence-electron chi connectivity index (χ0n) is 11.0. The van der Waals surface area contributed by atoms with Crippen LogP contribution in [-0.2, 0) is 9.84 Å². The van der Waals surface area contributed by atoms with Crippen LogP contribution in [0.4, 0.5) is 5.69 Å². The standard InChI is InChI=1S/C13H19NO3S/c1-9-4-5-10(2)13-12(9)14(3)11(6-7-15)8-18(13,16)17/h4-5,11,15H,6-8H2,1-3H3. The molecule has 1 aromatic carbocycles. The van der Waals surface area contributed by atoms with E-state index in [1.54, 1.807) is 0 Å². The Morgan fingerprint density at radius 1 is 1.33 bits per heavy atom. The highest BCUT2D eigenvalue weighted by atomic mass is 32.2. The highest BCUT2D eigenvalue weighted by molar-refractivity contribution is 7.91. The predicted octanol–water partition coefficient (Wildman–Crippen LogP) is 1.28. The Kier molecular flexibility index (Phi) is 3.38. The van der Waals surface area contributed by atoms with E-state index in [9.17, 15) is 8.42 Å². The number of aryl methyl sites for hydroxylation is 2. The molecule has 0 bridgehead atoms. The normalized spacial score (nSPS) is 21.8. The fourth-order valence-corrected chi connectivity index (χ4v) is 4.88. The largest absolute Gasteiger partial charge is 0.396 e. The molecule has 1 atom stereocenters. The van der Waals surface area contributed by atoms with Gasteiger partial charge in [0.15, 0.2) is 9.84 Å². The number of aliphatic hydroxyl groups excluding tert-OH is 1. The summed E-state index contributed by atoms with van der Waals surface area (Å²) in [5.74, 6) is 0.0847. The molecule has 0 saturated heterocycles. The number of hydrogen-bond acceptors (Lipinski definition) is 4. The number of nitrogens with zero attached hydrogens (tertiary/aromatic N) is 1. The van der Waals surface area contributed by atoms with Crippen molar-refractivity contribution in [1.29, 1.82) is 0 Å². The Morgan fingerprint density at radius 2 is 1.94 bits per heavy atom. The van der Waals surface area contributed by atoms with E-state index in [0.717, 1.165) is 16.8 Å². The van der Waals surface area contributed by atoms with Crippen molar-refractivity contribution in [2.24, 2.45) is 0 Å². The van der Waals surface area contributed by atoms with E-state index in [1.165, 1.54) is 0 Å². The molecule has 1 unspecified atom stereocenters. The third kappa shape index (κ3) is 2.01. The van der Waals surface area contributed by atoms with E-state index < -0.39 is 9.84 Å². The van der Waals surface area contributed by atoms with E-state index in [4.69, 9.17) is 5.11 Å². The van der Waals surface area contributed by atoms with E-state index in [-0.39, 0.29) is 18.4 Å². The van der Waals surface area contributed by atoms with Crippen molar-refractivity contribution in [2.75, 3.05) is 24.3 Å². The molecule has 0 aromatic heterocycles. The summed E-state index contributed by atoms with van der Waals surface area (Å²) in [4.78, 5) is 2.45. The van der Waals surface area contributed by atoms with Gasteiger partial charge in [-0.2, -0.15) is 0 Å². The first-order valence-corrected chi connectivity index (χ1v) is 7.70. The first-order valence-electron chi connectivity index (χ1n) is 6.05. The molecule has 4 nitrogen and oxygen atoms in total. The molecule has 100 valence electrons. The zero-order chi connectivity index (χ0) is 13.5. The molecule has 0 saturated carbocycles. The van der Waals surface area contributed by atoms with Crippen molar-refractivity contribution < 1.29 is 13.5 Å². The van der Waals surface area contributed by atoms with Crippen LogP contribution in [-0.4, -0.2) is 39.0 Å². The summed E-state index contributed by atoms with van der Waals surface area (Å²) in [6.07, 6.45) is 0.475. The number of aliphatic hydroxyl groups is 1. The van der Waals surface area contributed by atoms with Crippen molar-refractivity contribution in [3.8, 4) is 0 Å². The lowest BCUT2D eigenvalue weighted by Crippen LogP contribution is -2.43. The van der Waals surface area contributed by atoms with Gasteiger partial charge < -0.3 is 10.0 Å². The summed E-state index contributed by atoms with van der Waals surface area (Å²) < 4.78 is 24.7. The molecular weight excluding hydrogens is 250 g/mol. The van der Waals surface area contributed by atoms with Crippen molar-refractivity contribution in [3.63, 3.8) is 0 Å². The summed E-state index contributed by atoms with van der Waals surface area (Å²) in [5, 5.41) is 9.06. The van der Waals surface area contributed by atoms with Crippen molar-refractivity contribution in [1.82, 2.24) is 0 Å². The van der Waals surface area contributed by atoms with Gasteiger partial charge in [0.25, 0.3) is 0 Å². The fraction of sp³-hybridized carbons (Fsp3) is 0.538. The van der Waals surface area contributed by atoms with Crippen LogP contribution in [0, 0.1) is 13.8 Å². The molecule has 2 rings (SSSR count). The first-order chi connectivity index (χ1) is 8.38. The van der Waals surface area contributed by atoms with Crippen LogP contribution in [0.2, 0.25) is 0 Å². The Balaban J connectivity index is 2.66. The molecule has 1 heterocycles. The Hall–Kier alpha value is -1.07. The maximum Gasteiger partial charge on any atom is 0.182 e. The monoisotopic (exact) mass is 269 g/mol. The van der Waals surface area contributed by atoms with Crippen LogP contribution in [0.1, 0.15) is 17.5 Å². The smallest absolute Gasteiger partial charge is 0.182 e. The third-order valence-corrected chi connectivity index (χ3v) is 5.58. The minimum absolute atomic E-state index is 0.00469. The summed E-state index contributed by atoms with van der Waals surface area (Å²) in [5.41, 5.74) is 2.55. The average Bonchev–Trinajstić information content (AvgIpc) is 2.28. The van der Waals surface area contributed by atoms with Gasteiger partial charge in [-0.1, -0.05) is 12.1 Å². The summed E-state index contributed by atoms with van der Waals surface area (Å²) in [7, 11) is -1.35. The number of anilines is 1. The number of rotatable bonds is 2. The van der Waals surface area contributed by atoms with Gasteiger partial charge >= 0.3 is 0 Å². The molecule has 1 aliphatic rings. The number of hydrogen-bond donors (Lipinski definition) is 1. The van der Waals surface area contributed by atoms with E-state index >= 15 is 0 Å². The molecule has 0 amide bonds. The summed E-state index contributed by atoms with van der Waals surface area (Å²) in [6.45, 7) is 3.76. The van der Waals surface area contributed by atoms with Gasteiger partial charge in [-0.05, 0) is 31.4 Å². The van der Waals surface area contributed by atoms with Crippen LogP contribution in [0.25, 0.3) is 0 Å². The molecule has 0 radical (unpaired) electrons. The predicted molar refractivity (Wildman–Crippen MR) is 71.9 cm³/mol. The molecule has 1 N–H and O–H groups in total. The lowest BCUT2D eigenvalue weighted by molar-refractivity contribution is 0.277. The second-order valence-corrected chi connectivity index (χ2v) is 6.91. The van der Waals surface area contributed by atoms with Gasteiger partial charge in [0.1, 0.15) is 0 Å². The second kappa shape index (κ2) is 4.55. The first kappa shape index (κ1) is 13.4. The molecule has 5 heteroatoms. The molecule has 0 fully saturated rings. The lowest BCUT2D eigenvalue weighted by atomic mass is 10.1. The lowest BCUT2D eigenvalue weighted by Gasteiger charge is -2.37. The molecular formula is C13H19NO3S. The minimum atomic E-state index is -3.25. The number of sulfone groups is 1. The van der Waals surface area contributed by atoms with Crippen molar-refractivity contribution in [3.05, 3.63) is 23.3 Å². The Labute approximate surface area is 108 Å². The number of benzene rings is 1. The quantitative estimate of drug-likeness (QED) is 0.878. The Bertz CT molecular complexity index is 566. The molecule has 1 aromatic rings. The SMILES string of the molecule is Cc1ccc(C)c2c1N(C)C(CCO)CS2(=O)=O.